The van der Waals surface area contributed by atoms with Crippen molar-refractivity contribution >= 4 is 17.4 Å². The number of rotatable bonds is 3. The third-order valence-corrected chi connectivity index (χ3v) is 4.50. The molecule has 1 aromatic heterocycles. The van der Waals surface area contributed by atoms with Crippen molar-refractivity contribution in [2.75, 3.05) is 19.0 Å². The van der Waals surface area contributed by atoms with E-state index in [1.54, 1.807) is 6.20 Å². The molecule has 0 unspecified atom stereocenters. The monoisotopic (exact) mass is 247 g/mol. The van der Waals surface area contributed by atoms with Gasteiger partial charge in [-0.05, 0) is 18.9 Å². The fourth-order valence-corrected chi connectivity index (χ4v) is 3.64. The highest BCUT2D eigenvalue weighted by molar-refractivity contribution is 8.00. The third-order valence-electron chi connectivity index (χ3n) is 3.06. The second-order valence-corrected chi connectivity index (χ2v) is 5.85. The maximum atomic E-state index is 9.15. The van der Waals surface area contributed by atoms with Crippen molar-refractivity contribution in [3.8, 4) is 6.07 Å². The topological polar surface area (TPSA) is 39.9 Å². The zero-order chi connectivity index (χ0) is 12.3. The van der Waals surface area contributed by atoms with Crippen LogP contribution in [0.5, 0.6) is 0 Å². The van der Waals surface area contributed by atoms with E-state index in [-0.39, 0.29) is 0 Å². The molecule has 2 rings (SSSR count). The first-order valence-corrected chi connectivity index (χ1v) is 6.83. The summed E-state index contributed by atoms with van der Waals surface area (Å²) in [6.07, 6.45) is 6.87. The first kappa shape index (κ1) is 12.3. The fraction of sp³-hybridized carbons (Fsp3) is 0.538. The Hall–Kier alpha value is -1.21. The molecule has 0 amide bonds. The van der Waals surface area contributed by atoms with Crippen molar-refractivity contribution in [1.29, 1.82) is 5.26 Å². The van der Waals surface area contributed by atoms with Crippen molar-refractivity contribution in [2.24, 2.45) is 0 Å². The van der Waals surface area contributed by atoms with Gasteiger partial charge in [0.2, 0.25) is 0 Å². The molecular formula is C13H17N3S. The average molecular weight is 247 g/mol. The Morgan fingerprint density at radius 3 is 2.71 bits per heavy atom. The van der Waals surface area contributed by atoms with Crippen molar-refractivity contribution in [3.63, 3.8) is 0 Å². The summed E-state index contributed by atoms with van der Waals surface area (Å²) in [5, 5.41) is 9.81. The third kappa shape index (κ3) is 2.73. The standard InChI is InChI=1S/C13H17N3S/c1-16(2)12-7-8-15-11(9-14)13(12)17-10-5-3-4-6-10/h7-8,10H,3-6H2,1-2H3. The SMILES string of the molecule is CN(C)c1ccnc(C#N)c1SC1CCCC1. The summed E-state index contributed by atoms with van der Waals surface area (Å²) in [4.78, 5) is 7.28. The van der Waals surface area contributed by atoms with Gasteiger partial charge < -0.3 is 4.90 Å². The summed E-state index contributed by atoms with van der Waals surface area (Å²) >= 11 is 1.83. The molecule has 1 fully saturated rings. The fourth-order valence-electron chi connectivity index (χ4n) is 2.16. The number of aromatic nitrogens is 1. The van der Waals surface area contributed by atoms with Crippen LogP contribution in [0.25, 0.3) is 0 Å². The molecule has 0 spiro atoms. The molecule has 0 radical (unpaired) electrons. The lowest BCUT2D eigenvalue weighted by Gasteiger charge is -2.19. The number of hydrogen-bond donors (Lipinski definition) is 0. The molecule has 0 aromatic carbocycles. The van der Waals surface area contributed by atoms with Crippen LogP contribution in [0.4, 0.5) is 5.69 Å². The highest BCUT2D eigenvalue weighted by atomic mass is 32.2. The number of hydrogen-bond acceptors (Lipinski definition) is 4. The van der Waals surface area contributed by atoms with Crippen LogP contribution in [0.1, 0.15) is 31.4 Å². The molecule has 0 atom stereocenters. The van der Waals surface area contributed by atoms with Crippen molar-refractivity contribution in [2.45, 2.75) is 35.8 Å². The molecule has 0 bridgehead atoms. The quantitative estimate of drug-likeness (QED) is 0.823. The van der Waals surface area contributed by atoms with Gasteiger partial charge >= 0.3 is 0 Å². The number of pyridine rings is 1. The number of nitrogens with zero attached hydrogens (tertiary/aromatic N) is 3. The van der Waals surface area contributed by atoms with Gasteiger partial charge in [-0.2, -0.15) is 5.26 Å². The van der Waals surface area contributed by atoms with Crippen molar-refractivity contribution in [3.05, 3.63) is 18.0 Å². The minimum absolute atomic E-state index is 0.563. The Balaban J connectivity index is 2.31. The Morgan fingerprint density at radius 2 is 2.12 bits per heavy atom. The van der Waals surface area contributed by atoms with Gasteiger partial charge in [0.05, 0.1) is 10.6 Å². The Kier molecular flexibility index (Phi) is 3.90. The van der Waals surface area contributed by atoms with Gasteiger partial charge in [-0.3, -0.25) is 0 Å². The summed E-state index contributed by atoms with van der Waals surface area (Å²) < 4.78 is 0. The van der Waals surface area contributed by atoms with E-state index in [2.05, 4.69) is 16.0 Å². The molecular weight excluding hydrogens is 230 g/mol. The van der Waals surface area contributed by atoms with Gasteiger partial charge in [-0.1, -0.05) is 12.8 Å². The summed E-state index contributed by atoms with van der Waals surface area (Å²) in [5.41, 5.74) is 1.67. The van der Waals surface area contributed by atoms with Crippen LogP contribution in [0, 0.1) is 11.3 Å². The van der Waals surface area contributed by atoms with Crippen LogP contribution in [0.15, 0.2) is 17.2 Å². The van der Waals surface area contributed by atoms with E-state index in [1.807, 2.05) is 31.9 Å². The molecule has 1 aromatic rings. The van der Waals surface area contributed by atoms with E-state index >= 15 is 0 Å². The normalized spacial score (nSPS) is 15.8. The van der Waals surface area contributed by atoms with Crippen LogP contribution >= 0.6 is 11.8 Å². The van der Waals surface area contributed by atoms with Gasteiger partial charge in [-0.15, -0.1) is 11.8 Å². The van der Waals surface area contributed by atoms with E-state index in [9.17, 15) is 0 Å². The second-order valence-electron chi connectivity index (χ2n) is 4.54. The van der Waals surface area contributed by atoms with Gasteiger partial charge in [0.15, 0.2) is 5.69 Å². The largest absolute Gasteiger partial charge is 0.377 e. The maximum Gasteiger partial charge on any atom is 0.156 e. The van der Waals surface area contributed by atoms with Crippen molar-refractivity contribution in [1.82, 2.24) is 4.98 Å². The predicted molar refractivity (Wildman–Crippen MR) is 71.4 cm³/mol. The molecule has 3 nitrogen and oxygen atoms in total. The molecule has 90 valence electrons. The molecule has 0 aliphatic heterocycles. The average Bonchev–Trinajstić information content (AvgIpc) is 2.82. The maximum absolute atomic E-state index is 9.15. The highest BCUT2D eigenvalue weighted by Crippen LogP contribution is 2.39. The number of anilines is 1. The Morgan fingerprint density at radius 1 is 1.41 bits per heavy atom. The molecule has 17 heavy (non-hydrogen) atoms. The zero-order valence-electron chi connectivity index (χ0n) is 10.3. The zero-order valence-corrected chi connectivity index (χ0v) is 11.1. The molecule has 1 heterocycles. The number of thioether (sulfide) groups is 1. The van der Waals surface area contributed by atoms with Gasteiger partial charge in [0, 0.05) is 25.5 Å². The smallest absolute Gasteiger partial charge is 0.156 e. The second kappa shape index (κ2) is 5.42. The van der Waals surface area contributed by atoms with Crippen LogP contribution < -0.4 is 4.90 Å². The van der Waals surface area contributed by atoms with Gasteiger partial charge in [0.1, 0.15) is 6.07 Å². The van der Waals surface area contributed by atoms with Crippen LogP contribution in [0.3, 0.4) is 0 Å². The number of nitriles is 1. The Labute approximate surface area is 107 Å². The van der Waals surface area contributed by atoms with Gasteiger partial charge in [0.25, 0.3) is 0 Å². The summed E-state index contributed by atoms with van der Waals surface area (Å²) in [6.45, 7) is 0. The van der Waals surface area contributed by atoms with E-state index in [0.717, 1.165) is 10.6 Å². The minimum Gasteiger partial charge on any atom is -0.377 e. The molecule has 1 aliphatic carbocycles. The minimum atomic E-state index is 0.563. The van der Waals surface area contributed by atoms with E-state index in [0.29, 0.717) is 10.9 Å². The van der Waals surface area contributed by atoms with Crippen LogP contribution in [0.2, 0.25) is 0 Å². The van der Waals surface area contributed by atoms with Gasteiger partial charge in [-0.25, -0.2) is 4.98 Å². The lowest BCUT2D eigenvalue weighted by Crippen LogP contribution is -2.12. The molecule has 0 N–H and O–H groups in total. The van der Waals surface area contributed by atoms with E-state index in [4.69, 9.17) is 5.26 Å². The van der Waals surface area contributed by atoms with Crippen molar-refractivity contribution < 1.29 is 0 Å². The summed E-state index contributed by atoms with van der Waals surface area (Å²) in [7, 11) is 4.02. The first-order chi connectivity index (χ1) is 8.22. The lowest BCUT2D eigenvalue weighted by atomic mass is 10.3. The summed E-state index contributed by atoms with van der Waals surface area (Å²) in [5.74, 6) is 0. The molecule has 1 aliphatic rings. The Bertz CT molecular complexity index is 431. The molecule has 0 saturated heterocycles. The molecule has 1 saturated carbocycles. The first-order valence-electron chi connectivity index (χ1n) is 5.95. The lowest BCUT2D eigenvalue weighted by molar-refractivity contribution is 0.886. The van der Waals surface area contributed by atoms with E-state index in [1.165, 1.54) is 25.7 Å². The highest BCUT2D eigenvalue weighted by Gasteiger charge is 2.20. The van der Waals surface area contributed by atoms with Crippen LogP contribution in [-0.2, 0) is 0 Å². The molecule has 4 heteroatoms. The predicted octanol–water partition coefficient (Wildman–Crippen LogP) is 3.05. The summed E-state index contributed by atoms with van der Waals surface area (Å²) in [6, 6.07) is 4.19. The van der Waals surface area contributed by atoms with Crippen LogP contribution in [-0.4, -0.2) is 24.3 Å². The van der Waals surface area contributed by atoms with E-state index < -0.39 is 0 Å².